The minimum Gasteiger partial charge on any atom is -0.346 e. The van der Waals surface area contributed by atoms with Gasteiger partial charge < -0.3 is 10.3 Å². The Labute approximate surface area is 93.1 Å². The van der Waals surface area contributed by atoms with Gasteiger partial charge in [0.15, 0.2) is 0 Å². The number of nitrogens with zero attached hydrogens (tertiary/aromatic N) is 1. The van der Waals surface area contributed by atoms with Gasteiger partial charge >= 0.3 is 0 Å². The average molecular weight is 215 g/mol. The molecular formula is C12H13N3O. The van der Waals surface area contributed by atoms with Crippen LogP contribution in [0.25, 0.3) is 11.0 Å². The summed E-state index contributed by atoms with van der Waals surface area (Å²) in [5.74, 6) is 0.288. The van der Waals surface area contributed by atoms with Crippen molar-refractivity contribution in [2.45, 2.75) is 12.3 Å². The molecule has 0 bridgehead atoms. The summed E-state index contributed by atoms with van der Waals surface area (Å²) in [4.78, 5) is 19.2. The first kappa shape index (κ1) is 9.54. The largest absolute Gasteiger partial charge is 0.346 e. The highest BCUT2D eigenvalue weighted by Crippen LogP contribution is 2.22. The number of H-pyrrole nitrogens is 1. The lowest BCUT2D eigenvalue weighted by atomic mass is 9.91. The first-order valence-electron chi connectivity index (χ1n) is 5.51. The van der Waals surface area contributed by atoms with Crippen LogP contribution in [0.3, 0.4) is 0 Å². The number of rotatable bonds is 1. The molecule has 1 fully saturated rings. The zero-order chi connectivity index (χ0) is 11.0. The first-order chi connectivity index (χ1) is 7.84. The second-order valence-electron chi connectivity index (χ2n) is 4.16. The van der Waals surface area contributed by atoms with Gasteiger partial charge in [0.25, 0.3) is 0 Å². The van der Waals surface area contributed by atoms with Gasteiger partial charge in [0.1, 0.15) is 11.4 Å². The van der Waals surface area contributed by atoms with E-state index in [1.54, 1.807) is 6.20 Å². The third kappa shape index (κ3) is 1.51. The lowest BCUT2D eigenvalue weighted by Gasteiger charge is -2.21. The van der Waals surface area contributed by atoms with Crippen molar-refractivity contribution in [3.05, 3.63) is 30.1 Å². The number of aromatic amines is 1. The van der Waals surface area contributed by atoms with Crippen molar-refractivity contribution in [1.82, 2.24) is 15.3 Å². The van der Waals surface area contributed by atoms with E-state index in [2.05, 4.69) is 21.4 Å². The fourth-order valence-corrected chi connectivity index (χ4v) is 2.20. The molecule has 1 unspecified atom stereocenters. The number of Topliss-reactive ketones (excluding diaryl/α,β-unsaturated/α-hetero) is 1. The molecule has 82 valence electrons. The molecule has 0 saturated carbocycles. The highest BCUT2D eigenvalue weighted by molar-refractivity contribution is 5.88. The number of aromatic nitrogens is 2. The molecule has 0 amide bonds. The highest BCUT2D eigenvalue weighted by atomic mass is 16.1. The predicted octanol–water partition coefficient (Wildman–Crippen LogP) is 1.21. The average Bonchev–Trinajstić information content (AvgIpc) is 2.76. The SMILES string of the molecule is O=C1CCNCC1c1cnc2[nH]ccc2c1. The third-order valence-corrected chi connectivity index (χ3v) is 3.11. The molecule has 2 N–H and O–H groups in total. The number of fused-ring (bicyclic) bond motifs is 1. The van der Waals surface area contributed by atoms with Crippen molar-refractivity contribution in [2.24, 2.45) is 0 Å². The van der Waals surface area contributed by atoms with E-state index in [1.807, 2.05) is 12.3 Å². The Hall–Kier alpha value is -1.68. The van der Waals surface area contributed by atoms with Gasteiger partial charge in [-0.3, -0.25) is 4.79 Å². The Morgan fingerprint density at radius 2 is 2.38 bits per heavy atom. The zero-order valence-electron chi connectivity index (χ0n) is 8.86. The van der Waals surface area contributed by atoms with E-state index >= 15 is 0 Å². The van der Waals surface area contributed by atoms with Gasteiger partial charge in [0, 0.05) is 37.3 Å². The van der Waals surface area contributed by atoms with Gasteiger partial charge in [0.05, 0.1) is 5.92 Å². The van der Waals surface area contributed by atoms with E-state index in [4.69, 9.17) is 0 Å². The van der Waals surface area contributed by atoms with Crippen LogP contribution in [0.15, 0.2) is 24.5 Å². The van der Waals surface area contributed by atoms with Gasteiger partial charge in [0.2, 0.25) is 0 Å². The summed E-state index contributed by atoms with van der Waals surface area (Å²) in [5.41, 5.74) is 1.89. The molecule has 0 aromatic carbocycles. The molecule has 2 aromatic rings. The van der Waals surface area contributed by atoms with E-state index in [0.717, 1.165) is 29.7 Å². The first-order valence-corrected chi connectivity index (χ1v) is 5.51. The molecule has 1 saturated heterocycles. The third-order valence-electron chi connectivity index (χ3n) is 3.11. The minimum absolute atomic E-state index is 0.0273. The van der Waals surface area contributed by atoms with Crippen molar-refractivity contribution in [3.63, 3.8) is 0 Å². The summed E-state index contributed by atoms with van der Waals surface area (Å²) in [6, 6.07) is 4.03. The van der Waals surface area contributed by atoms with Crippen molar-refractivity contribution < 1.29 is 4.79 Å². The number of piperidine rings is 1. The summed E-state index contributed by atoms with van der Waals surface area (Å²) in [5, 5.41) is 4.31. The Kier molecular flexibility index (Phi) is 2.22. The number of pyridine rings is 1. The molecule has 1 aliphatic heterocycles. The summed E-state index contributed by atoms with van der Waals surface area (Å²) in [6.07, 6.45) is 4.28. The molecule has 3 heterocycles. The van der Waals surface area contributed by atoms with Gasteiger partial charge in [-0.05, 0) is 17.7 Å². The number of hydrogen-bond acceptors (Lipinski definition) is 3. The van der Waals surface area contributed by atoms with Crippen LogP contribution in [0.1, 0.15) is 17.9 Å². The van der Waals surface area contributed by atoms with Crippen LogP contribution >= 0.6 is 0 Å². The van der Waals surface area contributed by atoms with E-state index < -0.39 is 0 Å². The number of hydrogen-bond donors (Lipinski definition) is 2. The second-order valence-corrected chi connectivity index (χ2v) is 4.16. The van der Waals surface area contributed by atoms with Crippen LogP contribution < -0.4 is 5.32 Å². The molecular weight excluding hydrogens is 202 g/mol. The Bertz CT molecular complexity index is 532. The molecule has 0 aliphatic carbocycles. The number of ketones is 1. The highest BCUT2D eigenvalue weighted by Gasteiger charge is 2.23. The molecule has 4 heteroatoms. The summed E-state index contributed by atoms with van der Waals surface area (Å²) in [7, 11) is 0. The topological polar surface area (TPSA) is 57.8 Å². The smallest absolute Gasteiger partial charge is 0.142 e. The quantitative estimate of drug-likeness (QED) is 0.751. The lowest BCUT2D eigenvalue weighted by Crippen LogP contribution is -2.35. The molecule has 1 aliphatic rings. The van der Waals surface area contributed by atoms with Crippen molar-refractivity contribution in [3.8, 4) is 0 Å². The summed E-state index contributed by atoms with van der Waals surface area (Å²) >= 11 is 0. The maximum atomic E-state index is 11.8. The Morgan fingerprint density at radius 1 is 1.44 bits per heavy atom. The van der Waals surface area contributed by atoms with Crippen molar-refractivity contribution in [1.29, 1.82) is 0 Å². The normalized spacial score (nSPS) is 21.5. The number of carbonyl (C=O) groups is 1. The van der Waals surface area contributed by atoms with E-state index in [-0.39, 0.29) is 5.92 Å². The summed E-state index contributed by atoms with van der Waals surface area (Å²) < 4.78 is 0. The van der Waals surface area contributed by atoms with Gasteiger partial charge in [-0.1, -0.05) is 0 Å². The molecule has 3 rings (SSSR count). The molecule has 2 aromatic heterocycles. The maximum absolute atomic E-state index is 11.8. The minimum atomic E-state index is -0.0273. The van der Waals surface area contributed by atoms with Crippen LogP contribution in [0, 0.1) is 0 Å². The monoisotopic (exact) mass is 215 g/mol. The van der Waals surface area contributed by atoms with Crippen LogP contribution in [0.2, 0.25) is 0 Å². The Morgan fingerprint density at radius 3 is 3.25 bits per heavy atom. The van der Waals surface area contributed by atoms with Gasteiger partial charge in [-0.2, -0.15) is 0 Å². The second kappa shape index (κ2) is 3.72. The molecule has 4 nitrogen and oxygen atoms in total. The van der Waals surface area contributed by atoms with Crippen LogP contribution in [0.4, 0.5) is 0 Å². The van der Waals surface area contributed by atoms with Crippen LogP contribution in [0.5, 0.6) is 0 Å². The Balaban J connectivity index is 2.00. The predicted molar refractivity (Wildman–Crippen MR) is 61.3 cm³/mol. The molecule has 0 spiro atoms. The molecule has 16 heavy (non-hydrogen) atoms. The zero-order valence-corrected chi connectivity index (χ0v) is 8.86. The lowest BCUT2D eigenvalue weighted by molar-refractivity contribution is -0.121. The van der Waals surface area contributed by atoms with Gasteiger partial charge in [-0.15, -0.1) is 0 Å². The van der Waals surface area contributed by atoms with Crippen LogP contribution in [-0.4, -0.2) is 28.8 Å². The number of nitrogens with one attached hydrogen (secondary N) is 2. The van der Waals surface area contributed by atoms with E-state index in [0.29, 0.717) is 12.2 Å². The summed E-state index contributed by atoms with van der Waals surface area (Å²) in [6.45, 7) is 1.53. The fraction of sp³-hybridized carbons (Fsp3) is 0.333. The molecule has 0 radical (unpaired) electrons. The van der Waals surface area contributed by atoms with E-state index in [1.165, 1.54) is 0 Å². The van der Waals surface area contributed by atoms with Gasteiger partial charge in [-0.25, -0.2) is 4.98 Å². The fourth-order valence-electron chi connectivity index (χ4n) is 2.20. The van der Waals surface area contributed by atoms with E-state index in [9.17, 15) is 4.79 Å². The number of carbonyl (C=O) groups excluding carboxylic acids is 1. The maximum Gasteiger partial charge on any atom is 0.142 e. The standard InChI is InChI=1S/C12H13N3O/c16-11-2-3-13-7-10(11)9-5-8-1-4-14-12(8)15-6-9/h1,4-6,10,13H,2-3,7H2,(H,14,15). The molecule has 1 atom stereocenters. The van der Waals surface area contributed by atoms with Crippen LogP contribution in [-0.2, 0) is 4.79 Å². The van der Waals surface area contributed by atoms with Crippen molar-refractivity contribution >= 4 is 16.8 Å². The van der Waals surface area contributed by atoms with Crippen molar-refractivity contribution in [2.75, 3.05) is 13.1 Å².